The number of carbonyl (C=O) groups is 1. The number of piperazine rings is 1. The van der Waals surface area contributed by atoms with Crippen LogP contribution in [0.3, 0.4) is 0 Å². The highest BCUT2D eigenvalue weighted by Crippen LogP contribution is 2.24. The van der Waals surface area contributed by atoms with Gasteiger partial charge in [0.25, 0.3) is 5.91 Å². The van der Waals surface area contributed by atoms with Crippen LogP contribution in [-0.2, 0) is 0 Å². The number of rotatable bonds is 2. The Labute approximate surface area is 134 Å². The van der Waals surface area contributed by atoms with Gasteiger partial charge < -0.3 is 14.8 Å². The predicted octanol–water partition coefficient (Wildman–Crippen LogP) is 1.95. The highest BCUT2D eigenvalue weighted by Gasteiger charge is 2.20. The largest absolute Gasteiger partial charge is 0.353 e. The molecule has 0 radical (unpaired) electrons. The van der Waals surface area contributed by atoms with E-state index in [1.807, 2.05) is 29.2 Å². The Morgan fingerprint density at radius 3 is 2.65 bits per heavy atom. The molecule has 0 unspecified atom stereocenters. The monoisotopic (exact) mass is 309 g/mol. The second-order valence-electron chi connectivity index (χ2n) is 6.05. The molecule has 2 aromatic heterocycles. The van der Waals surface area contributed by atoms with Crippen LogP contribution in [0.4, 0.5) is 0 Å². The number of amides is 1. The van der Waals surface area contributed by atoms with E-state index >= 15 is 0 Å². The Bertz CT molecular complexity index is 828. The Kier molecular flexibility index (Phi) is 3.38. The zero-order valence-electron chi connectivity index (χ0n) is 13.0. The van der Waals surface area contributed by atoms with E-state index in [0.717, 1.165) is 54.0 Å². The van der Waals surface area contributed by atoms with E-state index in [1.54, 1.807) is 6.20 Å². The van der Waals surface area contributed by atoms with Gasteiger partial charge in [-0.15, -0.1) is 0 Å². The number of H-pyrrole nitrogens is 2. The fourth-order valence-electron chi connectivity index (χ4n) is 3.00. The molecule has 6 heteroatoms. The van der Waals surface area contributed by atoms with Gasteiger partial charge in [0.2, 0.25) is 0 Å². The van der Waals surface area contributed by atoms with Crippen LogP contribution < -0.4 is 0 Å². The van der Waals surface area contributed by atoms with Crippen LogP contribution in [0.2, 0.25) is 0 Å². The van der Waals surface area contributed by atoms with Gasteiger partial charge in [0.05, 0.1) is 11.4 Å². The first-order valence-electron chi connectivity index (χ1n) is 7.81. The van der Waals surface area contributed by atoms with Crippen LogP contribution in [0, 0.1) is 0 Å². The van der Waals surface area contributed by atoms with E-state index in [0.29, 0.717) is 0 Å². The van der Waals surface area contributed by atoms with E-state index in [4.69, 9.17) is 0 Å². The zero-order chi connectivity index (χ0) is 15.8. The van der Waals surface area contributed by atoms with E-state index in [-0.39, 0.29) is 5.91 Å². The number of aromatic amines is 2. The molecule has 0 bridgehead atoms. The Morgan fingerprint density at radius 1 is 1.09 bits per heavy atom. The average molecular weight is 309 g/mol. The van der Waals surface area contributed by atoms with E-state index in [1.165, 1.54) is 0 Å². The quantitative estimate of drug-likeness (QED) is 0.760. The van der Waals surface area contributed by atoms with Gasteiger partial charge in [-0.2, -0.15) is 5.10 Å². The van der Waals surface area contributed by atoms with E-state index < -0.39 is 0 Å². The third-order valence-corrected chi connectivity index (χ3v) is 4.45. The van der Waals surface area contributed by atoms with Crippen molar-refractivity contribution >= 4 is 16.8 Å². The minimum Gasteiger partial charge on any atom is -0.353 e. The van der Waals surface area contributed by atoms with Crippen molar-refractivity contribution in [2.45, 2.75) is 0 Å². The Hall–Kier alpha value is -2.60. The number of nitrogens with zero attached hydrogens (tertiary/aromatic N) is 3. The lowest BCUT2D eigenvalue weighted by Gasteiger charge is -2.32. The number of carbonyl (C=O) groups excluding carboxylic acids is 1. The summed E-state index contributed by atoms with van der Waals surface area (Å²) in [5.74, 6) is 0.109. The van der Waals surface area contributed by atoms with E-state index in [2.05, 4.69) is 33.2 Å². The number of likely N-dealkylation sites (N-methyl/N-ethyl adjacent to an activating group) is 1. The molecule has 1 aliphatic heterocycles. The minimum atomic E-state index is 0.109. The summed E-state index contributed by atoms with van der Waals surface area (Å²) in [7, 11) is 2.09. The normalized spacial score (nSPS) is 16.1. The molecular formula is C17H19N5O. The van der Waals surface area contributed by atoms with Crippen molar-refractivity contribution in [2.75, 3.05) is 33.2 Å². The summed E-state index contributed by atoms with van der Waals surface area (Å²) in [5, 5.41) is 8.01. The van der Waals surface area contributed by atoms with Gasteiger partial charge in [0, 0.05) is 48.8 Å². The van der Waals surface area contributed by atoms with Crippen LogP contribution in [0.25, 0.3) is 22.3 Å². The van der Waals surface area contributed by atoms with Crippen LogP contribution in [0.5, 0.6) is 0 Å². The second-order valence-corrected chi connectivity index (χ2v) is 6.05. The summed E-state index contributed by atoms with van der Waals surface area (Å²) < 4.78 is 0. The first-order chi connectivity index (χ1) is 11.2. The van der Waals surface area contributed by atoms with Crippen molar-refractivity contribution in [1.29, 1.82) is 0 Å². The molecule has 2 N–H and O–H groups in total. The molecule has 23 heavy (non-hydrogen) atoms. The van der Waals surface area contributed by atoms with Gasteiger partial charge in [-0.25, -0.2) is 0 Å². The maximum Gasteiger partial charge on any atom is 0.254 e. The van der Waals surface area contributed by atoms with E-state index in [9.17, 15) is 4.79 Å². The molecular weight excluding hydrogens is 290 g/mol. The SMILES string of the molecule is CN1CCN(C(=O)c2ccc3cc(-c4ccn[nH]4)[nH]c3c2)CC1. The smallest absolute Gasteiger partial charge is 0.254 e. The first-order valence-corrected chi connectivity index (χ1v) is 7.81. The fraction of sp³-hybridized carbons (Fsp3) is 0.294. The number of fused-ring (bicyclic) bond motifs is 1. The molecule has 1 aliphatic rings. The van der Waals surface area contributed by atoms with Gasteiger partial charge >= 0.3 is 0 Å². The number of aromatic nitrogens is 3. The van der Waals surface area contributed by atoms with Crippen molar-refractivity contribution in [3.05, 3.63) is 42.1 Å². The molecule has 3 aromatic rings. The molecule has 1 aromatic carbocycles. The van der Waals surface area contributed by atoms with Crippen molar-refractivity contribution < 1.29 is 4.79 Å². The average Bonchev–Trinajstić information content (AvgIpc) is 3.23. The Morgan fingerprint density at radius 2 is 1.91 bits per heavy atom. The van der Waals surface area contributed by atoms with Crippen molar-refractivity contribution in [2.24, 2.45) is 0 Å². The van der Waals surface area contributed by atoms with Crippen molar-refractivity contribution in [3.8, 4) is 11.4 Å². The topological polar surface area (TPSA) is 68.0 Å². The maximum absolute atomic E-state index is 12.7. The lowest BCUT2D eigenvalue weighted by Crippen LogP contribution is -2.47. The lowest BCUT2D eigenvalue weighted by molar-refractivity contribution is 0.0664. The summed E-state index contributed by atoms with van der Waals surface area (Å²) >= 11 is 0. The van der Waals surface area contributed by atoms with Crippen LogP contribution in [0.1, 0.15) is 10.4 Å². The summed E-state index contributed by atoms with van der Waals surface area (Å²) in [6.07, 6.45) is 1.73. The predicted molar refractivity (Wildman–Crippen MR) is 89.3 cm³/mol. The van der Waals surface area contributed by atoms with Crippen molar-refractivity contribution in [1.82, 2.24) is 25.0 Å². The van der Waals surface area contributed by atoms with Crippen molar-refractivity contribution in [3.63, 3.8) is 0 Å². The number of hydrogen-bond donors (Lipinski definition) is 2. The molecule has 1 amide bonds. The fourth-order valence-corrected chi connectivity index (χ4v) is 3.00. The highest BCUT2D eigenvalue weighted by atomic mass is 16.2. The van der Waals surface area contributed by atoms with Gasteiger partial charge in [-0.05, 0) is 31.3 Å². The molecule has 6 nitrogen and oxygen atoms in total. The molecule has 0 aliphatic carbocycles. The highest BCUT2D eigenvalue weighted by molar-refractivity contribution is 5.98. The van der Waals surface area contributed by atoms with Gasteiger partial charge in [-0.3, -0.25) is 9.89 Å². The van der Waals surface area contributed by atoms with Crippen LogP contribution in [0.15, 0.2) is 36.5 Å². The molecule has 1 fully saturated rings. The summed E-state index contributed by atoms with van der Waals surface area (Å²) in [6, 6.07) is 9.83. The van der Waals surface area contributed by atoms with Gasteiger partial charge in [0.1, 0.15) is 0 Å². The lowest BCUT2D eigenvalue weighted by atomic mass is 10.1. The third kappa shape index (κ3) is 2.61. The molecule has 1 saturated heterocycles. The minimum absolute atomic E-state index is 0.109. The standard InChI is InChI=1S/C17H19N5O/c1-21-6-8-22(9-7-21)17(23)13-3-2-12-10-16(19-15(12)11-13)14-4-5-18-20-14/h2-5,10-11,19H,6-9H2,1H3,(H,18,20). The van der Waals surface area contributed by atoms with Crippen LogP contribution in [-0.4, -0.2) is 64.1 Å². The summed E-state index contributed by atoms with van der Waals surface area (Å²) in [4.78, 5) is 20.2. The third-order valence-electron chi connectivity index (χ3n) is 4.45. The molecule has 3 heterocycles. The van der Waals surface area contributed by atoms with Gasteiger partial charge in [0.15, 0.2) is 0 Å². The second kappa shape index (κ2) is 5.55. The summed E-state index contributed by atoms with van der Waals surface area (Å²) in [6.45, 7) is 3.44. The summed E-state index contributed by atoms with van der Waals surface area (Å²) in [5.41, 5.74) is 3.62. The maximum atomic E-state index is 12.7. The Balaban J connectivity index is 1.62. The van der Waals surface area contributed by atoms with Gasteiger partial charge in [-0.1, -0.05) is 6.07 Å². The number of benzene rings is 1. The molecule has 4 rings (SSSR count). The first kappa shape index (κ1) is 14.0. The molecule has 0 spiro atoms. The molecule has 0 saturated carbocycles. The van der Waals surface area contributed by atoms with Crippen LogP contribution >= 0.6 is 0 Å². The number of nitrogens with one attached hydrogen (secondary N) is 2. The molecule has 118 valence electrons. The zero-order valence-corrected chi connectivity index (χ0v) is 13.0. The molecule has 0 atom stereocenters. The number of hydrogen-bond acceptors (Lipinski definition) is 3.